The standard InChI is InChI=1S/C17H28N2O2/c1-14-7-9-19(13-17(14)20-2)8-4-10-21-16-6-3-5-15(11-16)12-18/h3,5-6,11,14,17H,4,7-10,12-13,18H2,1-2H3. The van der Waals surface area contributed by atoms with Crippen molar-refractivity contribution >= 4 is 0 Å². The highest BCUT2D eigenvalue weighted by Gasteiger charge is 2.25. The lowest BCUT2D eigenvalue weighted by Crippen LogP contribution is -2.44. The lowest BCUT2D eigenvalue weighted by molar-refractivity contribution is -0.00593. The molecule has 2 atom stereocenters. The van der Waals surface area contributed by atoms with Gasteiger partial charge in [-0.3, -0.25) is 0 Å². The average Bonchev–Trinajstić information content (AvgIpc) is 2.53. The number of ether oxygens (including phenoxy) is 2. The lowest BCUT2D eigenvalue weighted by atomic mass is 9.96. The number of hydrogen-bond acceptors (Lipinski definition) is 4. The maximum Gasteiger partial charge on any atom is 0.119 e. The van der Waals surface area contributed by atoms with Crippen LogP contribution in [-0.2, 0) is 11.3 Å². The molecule has 1 aromatic rings. The zero-order valence-corrected chi connectivity index (χ0v) is 13.3. The molecule has 0 aromatic heterocycles. The lowest BCUT2D eigenvalue weighted by Gasteiger charge is -2.36. The van der Waals surface area contributed by atoms with Gasteiger partial charge in [0, 0.05) is 26.7 Å². The summed E-state index contributed by atoms with van der Waals surface area (Å²) in [5.74, 6) is 1.58. The van der Waals surface area contributed by atoms with Crippen molar-refractivity contribution in [1.29, 1.82) is 0 Å². The van der Waals surface area contributed by atoms with Crippen LogP contribution < -0.4 is 10.5 Å². The van der Waals surface area contributed by atoms with E-state index in [1.54, 1.807) is 0 Å². The molecule has 4 heteroatoms. The molecule has 1 fully saturated rings. The van der Waals surface area contributed by atoms with Crippen LogP contribution in [0.25, 0.3) is 0 Å². The number of nitrogens with zero attached hydrogens (tertiary/aromatic N) is 1. The highest BCUT2D eigenvalue weighted by atomic mass is 16.5. The molecule has 1 aliphatic rings. The van der Waals surface area contributed by atoms with E-state index in [1.807, 2.05) is 31.4 Å². The molecule has 1 heterocycles. The second-order valence-electron chi connectivity index (χ2n) is 5.89. The van der Waals surface area contributed by atoms with Gasteiger partial charge in [-0.1, -0.05) is 19.1 Å². The smallest absolute Gasteiger partial charge is 0.119 e. The Kier molecular flexibility index (Phi) is 6.49. The Morgan fingerprint density at radius 3 is 3.00 bits per heavy atom. The van der Waals surface area contributed by atoms with E-state index in [0.29, 0.717) is 18.6 Å². The zero-order valence-electron chi connectivity index (χ0n) is 13.3. The van der Waals surface area contributed by atoms with Gasteiger partial charge in [-0.2, -0.15) is 0 Å². The Hall–Kier alpha value is -1.10. The fraction of sp³-hybridized carbons (Fsp3) is 0.647. The molecule has 0 radical (unpaired) electrons. The number of rotatable bonds is 7. The van der Waals surface area contributed by atoms with Crippen molar-refractivity contribution in [2.45, 2.75) is 32.4 Å². The molecule has 4 nitrogen and oxygen atoms in total. The zero-order chi connectivity index (χ0) is 15.1. The molecule has 118 valence electrons. The topological polar surface area (TPSA) is 47.7 Å². The molecular weight excluding hydrogens is 264 g/mol. The van der Waals surface area contributed by atoms with Crippen LogP contribution in [0.2, 0.25) is 0 Å². The van der Waals surface area contributed by atoms with Crippen molar-refractivity contribution in [2.75, 3.05) is 33.4 Å². The number of hydrogen-bond donors (Lipinski definition) is 1. The molecule has 1 saturated heterocycles. The molecule has 2 rings (SSSR count). The monoisotopic (exact) mass is 292 g/mol. The van der Waals surface area contributed by atoms with Gasteiger partial charge in [0.25, 0.3) is 0 Å². The van der Waals surface area contributed by atoms with Crippen LogP contribution in [0.1, 0.15) is 25.3 Å². The summed E-state index contributed by atoms with van der Waals surface area (Å²) in [5.41, 5.74) is 6.75. The molecule has 0 spiro atoms. The Morgan fingerprint density at radius 2 is 2.24 bits per heavy atom. The number of nitrogens with two attached hydrogens (primary N) is 1. The summed E-state index contributed by atoms with van der Waals surface area (Å²) >= 11 is 0. The first-order valence-corrected chi connectivity index (χ1v) is 7.90. The quantitative estimate of drug-likeness (QED) is 0.783. The van der Waals surface area contributed by atoms with E-state index in [9.17, 15) is 0 Å². The summed E-state index contributed by atoms with van der Waals surface area (Å²) in [6.45, 7) is 6.87. The van der Waals surface area contributed by atoms with E-state index in [-0.39, 0.29) is 0 Å². The van der Waals surface area contributed by atoms with E-state index in [1.165, 1.54) is 13.0 Å². The maximum atomic E-state index is 5.80. The van der Waals surface area contributed by atoms with Crippen molar-refractivity contribution < 1.29 is 9.47 Å². The van der Waals surface area contributed by atoms with Crippen LogP contribution in [0.5, 0.6) is 5.75 Å². The van der Waals surface area contributed by atoms with Gasteiger partial charge in [0.05, 0.1) is 12.7 Å². The fourth-order valence-corrected chi connectivity index (χ4v) is 2.85. The first kappa shape index (κ1) is 16.3. The van der Waals surface area contributed by atoms with Gasteiger partial charge in [-0.05, 0) is 43.0 Å². The van der Waals surface area contributed by atoms with Crippen molar-refractivity contribution in [1.82, 2.24) is 4.90 Å². The van der Waals surface area contributed by atoms with E-state index >= 15 is 0 Å². The van der Waals surface area contributed by atoms with Gasteiger partial charge in [-0.15, -0.1) is 0 Å². The molecule has 0 amide bonds. The second kappa shape index (κ2) is 8.37. The summed E-state index contributed by atoms with van der Waals surface area (Å²) in [5, 5.41) is 0. The minimum atomic E-state index is 0.376. The van der Waals surface area contributed by atoms with Crippen molar-refractivity contribution in [3.05, 3.63) is 29.8 Å². The number of piperidine rings is 1. The Balaban J connectivity index is 1.67. The van der Waals surface area contributed by atoms with Crippen molar-refractivity contribution in [3.8, 4) is 5.75 Å². The molecule has 21 heavy (non-hydrogen) atoms. The SMILES string of the molecule is COC1CN(CCCOc2cccc(CN)c2)CCC1C. The van der Waals surface area contributed by atoms with Gasteiger partial charge < -0.3 is 20.1 Å². The van der Waals surface area contributed by atoms with Gasteiger partial charge in [0.15, 0.2) is 0 Å². The third kappa shape index (κ3) is 4.99. The van der Waals surface area contributed by atoms with Crippen LogP contribution in [0.3, 0.4) is 0 Å². The van der Waals surface area contributed by atoms with Crippen LogP contribution >= 0.6 is 0 Å². The maximum absolute atomic E-state index is 5.80. The molecule has 2 N–H and O–H groups in total. The molecule has 0 bridgehead atoms. The average molecular weight is 292 g/mol. The van der Waals surface area contributed by atoms with Crippen molar-refractivity contribution in [2.24, 2.45) is 11.7 Å². The summed E-state index contributed by atoms with van der Waals surface area (Å²) < 4.78 is 11.4. The van der Waals surface area contributed by atoms with E-state index in [4.69, 9.17) is 15.2 Å². The highest BCUT2D eigenvalue weighted by molar-refractivity contribution is 5.28. The number of likely N-dealkylation sites (tertiary alicyclic amines) is 1. The fourth-order valence-electron chi connectivity index (χ4n) is 2.85. The van der Waals surface area contributed by atoms with Gasteiger partial charge in [0.1, 0.15) is 5.75 Å². The first-order chi connectivity index (χ1) is 10.2. The van der Waals surface area contributed by atoms with Crippen molar-refractivity contribution in [3.63, 3.8) is 0 Å². The summed E-state index contributed by atoms with van der Waals surface area (Å²) in [6.07, 6.45) is 2.64. The van der Waals surface area contributed by atoms with Crippen LogP contribution in [0, 0.1) is 5.92 Å². The Morgan fingerprint density at radius 1 is 1.38 bits per heavy atom. The van der Waals surface area contributed by atoms with E-state index in [2.05, 4.69) is 11.8 Å². The summed E-state index contributed by atoms with van der Waals surface area (Å²) in [4.78, 5) is 2.48. The molecule has 0 saturated carbocycles. The molecule has 2 unspecified atom stereocenters. The van der Waals surface area contributed by atoms with Gasteiger partial charge in [0.2, 0.25) is 0 Å². The molecule has 1 aromatic carbocycles. The summed E-state index contributed by atoms with van der Waals surface area (Å²) in [7, 11) is 1.82. The molecule has 0 aliphatic carbocycles. The Bertz CT molecular complexity index is 425. The van der Waals surface area contributed by atoms with Crippen LogP contribution in [0.4, 0.5) is 0 Å². The highest BCUT2D eigenvalue weighted by Crippen LogP contribution is 2.19. The first-order valence-electron chi connectivity index (χ1n) is 7.90. The molecular formula is C17H28N2O2. The molecule has 1 aliphatic heterocycles. The third-order valence-corrected chi connectivity index (χ3v) is 4.30. The van der Waals surface area contributed by atoms with Crippen LogP contribution in [0.15, 0.2) is 24.3 Å². The predicted molar refractivity (Wildman–Crippen MR) is 85.5 cm³/mol. The number of benzene rings is 1. The predicted octanol–water partition coefficient (Wildman–Crippen LogP) is 2.27. The summed E-state index contributed by atoms with van der Waals surface area (Å²) in [6, 6.07) is 8.02. The minimum absolute atomic E-state index is 0.376. The Labute approximate surface area is 128 Å². The van der Waals surface area contributed by atoms with Crippen LogP contribution in [-0.4, -0.2) is 44.4 Å². The normalized spacial score (nSPS) is 23.2. The minimum Gasteiger partial charge on any atom is -0.494 e. The van der Waals surface area contributed by atoms with E-state index in [0.717, 1.165) is 37.4 Å². The second-order valence-corrected chi connectivity index (χ2v) is 5.89. The van der Waals surface area contributed by atoms with Gasteiger partial charge in [-0.25, -0.2) is 0 Å². The van der Waals surface area contributed by atoms with E-state index < -0.39 is 0 Å². The third-order valence-electron chi connectivity index (χ3n) is 4.30. The largest absolute Gasteiger partial charge is 0.494 e. The number of methoxy groups -OCH3 is 1. The van der Waals surface area contributed by atoms with Gasteiger partial charge >= 0.3 is 0 Å².